The van der Waals surface area contributed by atoms with Gasteiger partial charge < -0.3 is 10.2 Å². The summed E-state index contributed by atoms with van der Waals surface area (Å²) in [5, 5.41) is 16.8. The molecule has 1 amide bonds. The van der Waals surface area contributed by atoms with E-state index in [2.05, 4.69) is 36.7 Å². The van der Waals surface area contributed by atoms with Gasteiger partial charge in [-0.25, -0.2) is 14.3 Å². The molecule has 4 aromatic rings. The summed E-state index contributed by atoms with van der Waals surface area (Å²) in [6.07, 6.45) is 7.82. The summed E-state index contributed by atoms with van der Waals surface area (Å²) in [6.45, 7) is 4.05. The van der Waals surface area contributed by atoms with Crippen molar-refractivity contribution in [3.8, 4) is 0 Å². The lowest BCUT2D eigenvalue weighted by atomic mass is 10.1. The molecular formula is C23H25N7O2. The van der Waals surface area contributed by atoms with Gasteiger partial charge in [0.1, 0.15) is 6.54 Å². The van der Waals surface area contributed by atoms with E-state index in [1.807, 2.05) is 25.3 Å². The van der Waals surface area contributed by atoms with Crippen LogP contribution in [0, 0.1) is 6.92 Å². The van der Waals surface area contributed by atoms with E-state index in [1.165, 1.54) is 37.7 Å². The molecule has 3 aromatic heterocycles. The van der Waals surface area contributed by atoms with Gasteiger partial charge in [0.25, 0.3) is 0 Å². The van der Waals surface area contributed by atoms with Crippen molar-refractivity contribution in [1.29, 1.82) is 0 Å². The van der Waals surface area contributed by atoms with E-state index in [0.29, 0.717) is 22.6 Å². The first-order valence-electron chi connectivity index (χ1n) is 11.3. The van der Waals surface area contributed by atoms with Gasteiger partial charge in [0, 0.05) is 24.7 Å². The minimum absolute atomic E-state index is 0.0755. The average molecular weight is 432 g/mol. The zero-order chi connectivity index (χ0) is 21.7. The first-order chi connectivity index (χ1) is 15.7. The second kappa shape index (κ2) is 7.58. The molecular weight excluding hydrogens is 406 g/mol. The third-order valence-electron chi connectivity index (χ3n) is 6.52. The fraction of sp³-hybridized carbons (Fsp3) is 0.435. The topological polar surface area (TPSA) is 102 Å². The first kappa shape index (κ1) is 19.2. The predicted octanol–water partition coefficient (Wildman–Crippen LogP) is 3.78. The molecule has 6 rings (SSSR count). The zero-order valence-electron chi connectivity index (χ0n) is 18.0. The van der Waals surface area contributed by atoms with Crippen molar-refractivity contribution < 1.29 is 9.42 Å². The van der Waals surface area contributed by atoms with Crippen LogP contribution in [0.2, 0.25) is 0 Å². The number of carbonyl (C=O) groups is 1. The SMILES string of the molecule is Cc1nn(CC(=O)Nc2ccc(N3CCCCC3)c3nonc23)c2nccc(C3CC3)c12. The van der Waals surface area contributed by atoms with Crippen molar-refractivity contribution in [1.82, 2.24) is 25.1 Å². The smallest absolute Gasteiger partial charge is 0.246 e. The third-order valence-corrected chi connectivity index (χ3v) is 6.52. The van der Waals surface area contributed by atoms with Gasteiger partial charge >= 0.3 is 0 Å². The Labute approximate surface area is 184 Å². The van der Waals surface area contributed by atoms with Crippen molar-refractivity contribution >= 4 is 39.3 Å². The zero-order valence-corrected chi connectivity index (χ0v) is 18.0. The Morgan fingerprint density at radius 3 is 2.75 bits per heavy atom. The van der Waals surface area contributed by atoms with Crippen LogP contribution in [-0.4, -0.2) is 44.1 Å². The molecule has 1 N–H and O–H groups in total. The molecule has 9 heteroatoms. The molecule has 0 bridgehead atoms. The highest BCUT2D eigenvalue weighted by atomic mass is 16.6. The normalized spacial score (nSPS) is 16.7. The second-order valence-electron chi connectivity index (χ2n) is 8.81. The molecule has 32 heavy (non-hydrogen) atoms. The fourth-order valence-corrected chi connectivity index (χ4v) is 4.82. The molecule has 2 fully saturated rings. The summed E-state index contributed by atoms with van der Waals surface area (Å²) < 4.78 is 6.72. The number of carbonyl (C=O) groups excluding carboxylic acids is 1. The van der Waals surface area contributed by atoms with Gasteiger partial charge in [0.2, 0.25) is 5.91 Å². The fourth-order valence-electron chi connectivity index (χ4n) is 4.82. The van der Waals surface area contributed by atoms with E-state index in [0.717, 1.165) is 35.5 Å². The molecule has 1 aromatic carbocycles. The molecule has 1 aliphatic carbocycles. The van der Waals surface area contributed by atoms with Gasteiger partial charge in [0.15, 0.2) is 16.7 Å². The van der Waals surface area contributed by atoms with Crippen LogP contribution in [0.5, 0.6) is 0 Å². The molecule has 0 atom stereocenters. The minimum atomic E-state index is -0.192. The third kappa shape index (κ3) is 3.28. The van der Waals surface area contributed by atoms with Gasteiger partial charge in [-0.3, -0.25) is 4.79 Å². The number of nitrogens with one attached hydrogen (secondary N) is 1. The first-order valence-corrected chi connectivity index (χ1v) is 11.3. The lowest BCUT2D eigenvalue weighted by Gasteiger charge is -2.28. The monoisotopic (exact) mass is 431 g/mol. The molecule has 9 nitrogen and oxygen atoms in total. The number of rotatable bonds is 5. The number of anilines is 2. The summed E-state index contributed by atoms with van der Waals surface area (Å²) in [6, 6.07) is 5.95. The summed E-state index contributed by atoms with van der Waals surface area (Å²) in [5.41, 5.74) is 5.81. The van der Waals surface area contributed by atoms with Crippen LogP contribution in [0.1, 0.15) is 49.3 Å². The number of pyridine rings is 1. The number of hydrogen-bond acceptors (Lipinski definition) is 7. The van der Waals surface area contributed by atoms with Crippen molar-refractivity contribution in [2.45, 2.75) is 51.5 Å². The predicted molar refractivity (Wildman–Crippen MR) is 121 cm³/mol. The van der Waals surface area contributed by atoms with E-state index >= 15 is 0 Å². The van der Waals surface area contributed by atoms with Gasteiger partial charge in [-0.15, -0.1) is 0 Å². The van der Waals surface area contributed by atoms with Crippen molar-refractivity contribution in [3.63, 3.8) is 0 Å². The largest absolute Gasteiger partial charge is 0.370 e. The number of piperidine rings is 1. The lowest BCUT2D eigenvalue weighted by Crippen LogP contribution is -2.29. The van der Waals surface area contributed by atoms with Crippen LogP contribution in [0.15, 0.2) is 29.0 Å². The number of amides is 1. The maximum absolute atomic E-state index is 12.9. The molecule has 4 heterocycles. The molecule has 2 aliphatic rings. The highest BCUT2D eigenvalue weighted by Crippen LogP contribution is 2.43. The van der Waals surface area contributed by atoms with Crippen molar-refractivity contribution in [2.24, 2.45) is 0 Å². The average Bonchev–Trinajstić information content (AvgIpc) is 3.45. The molecule has 1 saturated carbocycles. The highest BCUT2D eigenvalue weighted by Gasteiger charge is 2.28. The summed E-state index contributed by atoms with van der Waals surface area (Å²) in [7, 11) is 0. The molecule has 164 valence electrons. The minimum Gasteiger partial charge on any atom is -0.370 e. The van der Waals surface area contributed by atoms with Gasteiger partial charge in [-0.1, -0.05) is 0 Å². The Morgan fingerprint density at radius 1 is 1.12 bits per heavy atom. The number of fused-ring (bicyclic) bond motifs is 2. The van der Waals surface area contributed by atoms with E-state index in [4.69, 9.17) is 4.63 Å². The Morgan fingerprint density at radius 2 is 1.94 bits per heavy atom. The Kier molecular flexibility index (Phi) is 4.55. The number of aromatic nitrogens is 5. The molecule has 1 aliphatic heterocycles. The molecule has 1 saturated heterocycles. The number of aryl methyl sites for hydroxylation is 1. The highest BCUT2D eigenvalue weighted by molar-refractivity contribution is 6.03. The van der Waals surface area contributed by atoms with Crippen LogP contribution in [0.4, 0.5) is 11.4 Å². The van der Waals surface area contributed by atoms with Gasteiger partial charge in [0.05, 0.1) is 17.1 Å². The van der Waals surface area contributed by atoms with Crippen LogP contribution in [-0.2, 0) is 11.3 Å². The molecule has 0 unspecified atom stereocenters. The second-order valence-corrected chi connectivity index (χ2v) is 8.81. The number of hydrogen-bond donors (Lipinski definition) is 1. The van der Waals surface area contributed by atoms with Crippen LogP contribution in [0.25, 0.3) is 22.1 Å². The molecule has 0 radical (unpaired) electrons. The van der Waals surface area contributed by atoms with Crippen LogP contribution >= 0.6 is 0 Å². The van der Waals surface area contributed by atoms with Crippen molar-refractivity contribution in [3.05, 3.63) is 35.7 Å². The maximum atomic E-state index is 12.9. The van der Waals surface area contributed by atoms with Gasteiger partial charge in [-0.2, -0.15) is 5.10 Å². The summed E-state index contributed by atoms with van der Waals surface area (Å²) in [5.74, 6) is 0.403. The van der Waals surface area contributed by atoms with Crippen molar-refractivity contribution in [2.75, 3.05) is 23.3 Å². The number of nitrogens with zero attached hydrogens (tertiary/aromatic N) is 6. The Hall–Kier alpha value is -3.49. The summed E-state index contributed by atoms with van der Waals surface area (Å²) >= 11 is 0. The molecule has 0 spiro atoms. The van der Waals surface area contributed by atoms with E-state index in [1.54, 1.807) is 4.68 Å². The number of benzene rings is 1. The lowest BCUT2D eigenvalue weighted by molar-refractivity contribution is -0.116. The maximum Gasteiger partial charge on any atom is 0.246 e. The van der Waals surface area contributed by atoms with Crippen LogP contribution < -0.4 is 10.2 Å². The van der Waals surface area contributed by atoms with E-state index in [-0.39, 0.29) is 12.5 Å². The van der Waals surface area contributed by atoms with E-state index < -0.39 is 0 Å². The van der Waals surface area contributed by atoms with Gasteiger partial charge in [-0.05, 0) is 79.0 Å². The Balaban J connectivity index is 1.26. The standard InChI is InChI=1S/C23H25N7O2/c1-14-20-16(15-5-6-15)9-10-24-23(20)30(26-14)13-19(31)25-17-7-8-18(22-21(17)27-32-28-22)29-11-3-2-4-12-29/h7-10,15H,2-6,11-13H2,1H3,(H,25,31). The van der Waals surface area contributed by atoms with Crippen LogP contribution in [0.3, 0.4) is 0 Å². The Bertz CT molecular complexity index is 1310. The van der Waals surface area contributed by atoms with E-state index in [9.17, 15) is 4.79 Å². The summed E-state index contributed by atoms with van der Waals surface area (Å²) in [4.78, 5) is 19.8. The quantitative estimate of drug-likeness (QED) is 0.513.